The molecule has 2 amide bonds. The van der Waals surface area contributed by atoms with E-state index in [9.17, 15) is 14.7 Å². The van der Waals surface area contributed by atoms with Gasteiger partial charge in [-0.05, 0) is 24.1 Å². The summed E-state index contributed by atoms with van der Waals surface area (Å²) in [5, 5.41) is 12.8. The number of nitrogens with one attached hydrogen (secondary N) is 1. The predicted molar refractivity (Wildman–Crippen MR) is 112 cm³/mol. The smallest absolute Gasteiger partial charge is 0.407 e. The highest BCUT2D eigenvalue weighted by Crippen LogP contribution is 2.37. The second-order valence-electron chi connectivity index (χ2n) is 6.80. The van der Waals surface area contributed by atoms with Crippen LogP contribution < -0.4 is 11.1 Å². The number of carboxylic acid groups (broad SMARTS) is 1. The Bertz CT molecular complexity index is 1050. The number of hydrogen-bond donors (Lipinski definition) is 3. The summed E-state index contributed by atoms with van der Waals surface area (Å²) in [6.07, 6.45) is 0.0622. The van der Waals surface area contributed by atoms with Crippen LogP contribution in [0.15, 0.2) is 54.6 Å². The van der Waals surface area contributed by atoms with E-state index in [1.165, 1.54) is 16.2 Å². The summed E-state index contributed by atoms with van der Waals surface area (Å²) >= 11 is 1.25. The minimum atomic E-state index is -0.965. The molecule has 29 heavy (non-hydrogen) atoms. The van der Waals surface area contributed by atoms with Crippen LogP contribution >= 0.6 is 11.3 Å². The van der Waals surface area contributed by atoms with Crippen LogP contribution in [0.1, 0.15) is 32.0 Å². The lowest BCUT2D eigenvalue weighted by Crippen LogP contribution is -2.39. The van der Waals surface area contributed by atoms with Gasteiger partial charge in [0.05, 0.1) is 28.0 Å². The molecule has 1 aromatic heterocycles. The van der Waals surface area contributed by atoms with Crippen LogP contribution in [0, 0.1) is 0 Å². The van der Waals surface area contributed by atoms with Gasteiger partial charge in [0, 0.05) is 13.0 Å². The molecule has 1 unspecified atom stereocenters. The molecule has 2 heterocycles. The normalized spacial score (nSPS) is 15.6. The van der Waals surface area contributed by atoms with Crippen LogP contribution in [0.2, 0.25) is 0 Å². The Balaban J connectivity index is 1.63. The topological polar surface area (TPSA) is 109 Å². The number of anilines is 2. The van der Waals surface area contributed by atoms with Crippen LogP contribution in [0.3, 0.4) is 0 Å². The summed E-state index contributed by atoms with van der Waals surface area (Å²) < 4.78 is 0. The Morgan fingerprint density at radius 3 is 2.62 bits per heavy atom. The molecule has 0 saturated heterocycles. The Labute approximate surface area is 171 Å². The van der Waals surface area contributed by atoms with Gasteiger partial charge in [0.15, 0.2) is 5.01 Å². The first-order valence-electron chi connectivity index (χ1n) is 9.22. The van der Waals surface area contributed by atoms with Gasteiger partial charge in [-0.1, -0.05) is 42.5 Å². The fourth-order valence-corrected chi connectivity index (χ4v) is 4.60. The van der Waals surface area contributed by atoms with Gasteiger partial charge in [-0.3, -0.25) is 9.69 Å². The fourth-order valence-electron chi connectivity index (χ4n) is 3.48. The number of hydrogen-bond acceptors (Lipinski definition) is 5. The standard InChI is InChI=1S/C21H20N4O3S/c22-14-8-4-5-9-15(14)23-19(26)20-24-16-10-11-25(21(27)28)17(18(16)29-20)12-13-6-2-1-3-7-13/h1-9,17H,10-12,22H2,(H,23,26)(H,27,28). The van der Waals surface area contributed by atoms with Gasteiger partial charge in [0.25, 0.3) is 5.91 Å². The molecule has 0 radical (unpaired) electrons. The number of carbonyl (C=O) groups excluding carboxylic acids is 1. The van der Waals surface area contributed by atoms with Gasteiger partial charge in [-0.25, -0.2) is 9.78 Å². The van der Waals surface area contributed by atoms with E-state index in [1.54, 1.807) is 24.3 Å². The van der Waals surface area contributed by atoms with Crippen molar-refractivity contribution in [2.75, 3.05) is 17.6 Å². The average molecular weight is 408 g/mol. The molecule has 0 fully saturated rings. The molecule has 0 bridgehead atoms. The van der Waals surface area contributed by atoms with Crippen molar-refractivity contribution >= 4 is 34.7 Å². The number of fused-ring (bicyclic) bond motifs is 1. The molecular weight excluding hydrogens is 388 g/mol. The molecule has 8 heteroatoms. The number of carbonyl (C=O) groups is 2. The van der Waals surface area contributed by atoms with Crippen molar-refractivity contribution in [2.45, 2.75) is 18.9 Å². The molecule has 0 aliphatic carbocycles. The number of para-hydroxylation sites is 2. The summed E-state index contributed by atoms with van der Waals surface area (Å²) in [6, 6.07) is 16.4. The molecule has 4 N–H and O–H groups in total. The van der Waals surface area contributed by atoms with Crippen molar-refractivity contribution in [1.82, 2.24) is 9.88 Å². The van der Waals surface area contributed by atoms with Crippen LogP contribution in [-0.4, -0.2) is 33.5 Å². The molecule has 1 atom stereocenters. The molecular formula is C21H20N4O3S. The minimum absolute atomic E-state index is 0.309. The second-order valence-corrected chi connectivity index (χ2v) is 7.83. The van der Waals surface area contributed by atoms with Crippen molar-refractivity contribution in [3.63, 3.8) is 0 Å². The lowest BCUT2D eigenvalue weighted by atomic mass is 9.98. The second kappa shape index (κ2) is 7.92. The van der Waals surface area contributed by atoms with Crippen LogP contribution in [0.25, 0.3) is 0 Å². The lowest BCUT2D eigenvalue weighted by molar-refractivity contribution is 0.102. The van der Waals surface area contributed by atoms with E-state index in [0.29, 0.717) is 35.8 Å². The van der Waals surface area contributed by atoms with Crippen LogP contribution in [0.5, 0.6) is 0 Å². The van der Waals surface area contributed by atoms with Crippen molar-refractivity contribution in [2.24, 2.45) is 0 Å². The number of aromatic nitrogens is 1. The van der Waals surface area contributed by atoms with E-state index in [4.69, 9.17) is 5.73 Å². The van der Waals surface area contributed by atoms with Crippen LogP contribution in [-0.2, 0) is 12.8 Å². The summed E-state index contributed by atoms with van der Waals surface area (Å²) in [7, 11) is 0. The van der Waals surface area contributed by atoms with Gasteiger partial charge in [0.2, 0.25) is 0 Å². The molecule has 4 rings (SSSR count). The van der Waals surface area contributed by atoms with E-state index in [-0.39, 0.29) is 11.9 Å². The number of amides is 2. The maximum Gasteiger partial charge on any atom is 0.407 e. The highest BCUT2D eigenvalue weighted by Gasteiger charge is 2.34. The van der Waals surface area contributed by atoms with Crippen molar-refractivity contribution in [3.8, 4) is 0 Å². The largest absolute Gasteiger partial charge is 0.465 e. The Kier molecular flexibility index (Phi) is 5.18. The van der Waals surface area contributed by atoms with E-state index in [1.807, 2.05) is 30.3 Å². The average Bonchev–Trinajstić information content (AvgIpc) is 3.15. The third kappa shape index (κ3) is 3.93. The van der Waals surface area contributed by atoms with E-state index in [2.05, 4.69) is 10.3 Å². The maximum absolute atomic E-state index is 12.7. The number of nitrogen functional groups attached to an aromatic ring is 1. The minimum Gasteiger partial charge on any atom is -0.465 e. The zero-order chi connectivity index (χ0) is 20.4. The number of rotatable bonds is 4. The third-order valence-corrected chi connectivity index (χ3v) is 6.11. The Morgan fingerprint density at radius 2 is 1.90 bits per heavy atom. The molecule has 148 valence electrons. The molecule has 3 aromatic rings. The Morgan fingerprint density at radius 1 is 1.17 bits per heavy atom. The van der Waals surface area contributed by atoms with Gasteiger partial charge < -0.3 is 16.2 Å². The first kappa shape index (κ1) is 18.9. The summed E-state index contributed by atoms with van der Waals surface area (Å²) in [5.74, 6) is -0.345. The summed E-state index contributed by atoms with van der Waals surface area (Å²) in [6.45, 7) is 0.357. The number of thiazole rings is 1. The van der Waals surface area contributed by atoms with Gasteiger partial charge in [-0.2, -0.15) is 0 Å². The molecule has 7 nitrogen and oxygen atoms in total. The Hall–Kier alpha value is -3.39. The first-order chi connectivity index (χ1) is 14.0. The molecule has 1 aliphatic heterocycles. The quantitative estimate of drug-likeness (QED) is 0.569. The monoisotopic (exact) mass is 408 g/mol. The van der Waals surface area contributed by atoms with Gasteiger partial charge in [-0.15, -0.1) is 11.3 Å². The molecule has 1 aliphatic rings. The van der Waals surface area contributed by atoms with Crippen LogP contribution in [0.4, 0.5) is 16.2 Å². The van der Waals surface area contributed by atoms with E-state index in [0.717, 1.165) is 16.1 Å². The lowest BCUT2D eigenvalue weighted by Gasteiger charge is -2.32. The fraction of sp³-hybridized carbons (Fsp3) is 0.190. The first-order valence-corrected chi connectivity index (χ1v) is 10.0. The zero-order valence-corrected chi connectivity index (χ0v) is 16.4. The van der Waals surface area contributed by atoms with Gasteiger partial charge >= 0.3 is 6.09 Å². The number of nitrogens with zero attached hydrogens (tertiary/aromatic N) is 2. The van der Waals surface area contributed by atoms with Crippen molar-refractivity contribution < 1.29 is 14.7 Å². The number of nitrogens with two attached hydrogens (primary N) is 1. The van der Waals surface area contributed by atoms with Crippen molar-refractivity contribution in [3.05, 3.63) is 75.7 Å². The molecule has 2 aromatic carbocycles. The highest BCUT2D eigenvalue weighted by molar-refractivity contribution is 7.14. The van der Waals surface area contributed by atoms with Crippen molar-refractivity contribution in [1.29, 1.82) is 0 Å². The molecule has 0 spiro atoms. The number of benzene rings is 2. The van der Waals surface area contributed by atoms with Gasteiger partial charge in [0.1, 0.15) is 0 Å². The highest BCUT2D eigenvalue weighted by atomic mass is 32.1. The SMILES string of the molecule is Nc1ccccc1NC(=O)c1nc2c(s1)C(Cc1ccccc1)N(C(=O)O)CC2. The van der Waals surface area contributed by atoms with E-state index >= 15 is 0 Å². The van der Waals surface area contributed by atoms with E-state index < -0.39 is 6.09 Å². The predicted octanol–water partition coefficient (Wildman–Crippen LogP) is 3.80. The summed E-state index contributed by atoms with van der Waals surface area (Å²) in [5.41, 5.74) is 8.73. The third-order valence-electron chi connectivity index (χ3n) is 4.92. The summed E-state index contributed by atoms with van der Waals surface area (Å²) in [4.78, 5) is 31.3. The molecule has 0 saturated carbocycles. The zero-order valence-electron chi connectivity index (χ0n) is 15.5. The maximum atomic E-state index is 12.7.